The van der Waals surface area contributed by atoms with Crippen LogP contribution in [0.15, 0.2) is 0 Å². The van der Waals surface area contributed by atoms with Crippen LogP contribution in [0.5, 0.6) is 0 Å². The van der Waals surface area contributed by atoms with Gasteiger partial charge in [-0.05, 0) is 38.0 Å². The van der Waals surface area contributed by atoms with Crippen LogP contribution in [-0.4, -0.2) is 49.3 Å². The van der Waals surface area contributed by atoms with Crippen molar-refractivity contribution in [1.82, 2.24) is 10.2 Å². The first-order valence-corrected chi connectivity index (χ1v) is 8.11. The highest BCUT2D eigenvalue weighted by Gasteiger charge is 2.41. The van der Waals surface area contributed by atoms with Gasteiger partial charge in [0.2, 0.25) is 0 Å². The molecule has 3 heteroatoms. The summed E-state index contributed by atoms with van der Waals surface area (Å²) in [6.45, 7) is 10.4. The Labute approximate surface area is 119 Å². The average Bonchev–Trinajstić information content (AvgIpc) is 2.33. The van der Waals surface area contributed by atoms with Gasteiger partial charge < -0.3 is 10.1 Å². The van der Waals surface area contributed by atoms with Crippen molar-refractivity contribution >= 4 is 0 Å². The second-order valence-electron chi connectivity index (χ2n) is 6.97. The first kappa shape index (κ1) is 15.3. The van der Waals surface area contributed by atoms with Crippen LogP contribution >= 0.6 is 0 Å². The zero-order valence-electron chi connectivity index (χ0n) is 13.2. The summed E-state index contributed by atoms with van der Waals surface area (Å²) in [7, 11) is 1.90. The molecule has 2 aliphatic rings. The number of nitrogens with one attached hydrogen (secondary N) is 1. The van der Waals surface area contributed by atoms with Crippen molar-refractivity contribution in [3.8, 4) is 0 Å². The molecule has 19 heavy (non-hydrogen) atoms. The molecule has 1 saturated carbocycles. The summed E-state index contributed by atoms with van der Waals surface area (Å²) in [6.07, 6.45) is 6.36. The average molecular weight is 268 g/mol. The minimum Gasteiger partial charge on any atom is -0.377 e. The fourth-order valence-corrected chi connectivity index (χ4v) is 3.62. The molecule has 1 heterocycles. The fraction of sp³-hybridized carbons (Fsp3) is 1.00. The first-order valence-electron chi connectivity index (χ1n) is 8.11. The lowest BCUT2D eigenvalue weighted by Crippen LogP contribution is -2.61. The van der Waals surface area contributed by atoms with E-state index < -0.39 is 0 Å². The summed E-state index contributed by atoms with van der Waals surface area (Å²) >= 11 is 0. The largest absolute Gasteiger partial charge is 0.377 e. The van der Waals surface area contributed by atoms with E-state index in [1.54, 1.807) is 0 Å². The second-order valence-corrected chi connectivity index (χ2v) is 6.97. The Morgan fingerprint density at radius 2 is 2.11 bits per heavy atom. The van der Waals surface area contributed by atoms with Gasteiger partial charge in [-0.25, -0.2) is 0 Å². The highest BCUT2D eigenvalue weighted by molar-refractivity contribution is 4.96. The third-order valence-corrected chi connectivity index (χ3v) is 5.03. The summed E-state index contributed by atoms with van der Waals surface area (Å²) in [6, 6.07) is 1.35. The van der Waals surface area contributed by atoms with E-state index in [2.05, 4.69) is 31.0 Å². The Morgan fingerprint density at radius 3 is 2.58 bits per heavy atom. The van der Waals surface area contributed by atoms with E-state index in [1.807, 2.05) is 7.11 Å². The predicted molar refractivity (Wildman–Crippen MR) is 80.5 cm³/mol. The number of hydrogen-bond acceptors (Lipinski definition) is 3. The molecule has 1 aliphatic heterocycles. The maximum absolute atomic E-state index is 5.82. The van der Waals surface area contributed by atoms with Gasteiger partial charge in [0, 0.05) is 38.8 Å². The van der Waals surface area contributed by atoms with Crippen LogP contribution in [0.1, 0.15) is 52.9 Å². The normalized spacial score (nSPS) is 31.4. The number of methoxy groups -OCH3 is 1. The standard InChI is InChI=1S/C16H32N2O/c1-5-15-10-17-14(9-13(2)3)11-18(15)12-16(19-4)7-6-8-16/h13-15,17H,5-12H2,1-4H3. The Balaban J connectivity index is 1.93. The summed E-state index contributed by atoms with van der Waals surface area (Å²) in [5, 5.41) is 3.74. The van der Waals surface area contributed by atoms with Gasteiger partial charge in [0.25, 0.3) is 0 Å². The third kappa shape index (κ3) is 3.71. The zero-order valence-corrected chi connectivity index (χ0v) is 13.2. The molecule has 3 nitrogen and oxygen atoms in total. The van der Waals surface area contributed by atoms with E-state index in [4.69, 9.17) is 4.74 Å². The van der Waals surface area contributed by atoms with Gasteiger partial charge in [0.1, 0.15) is 0 Å². The van der Waals surface area contributed by atoms with E-state index in [0.29, 0.717) is 12.1 Å². The van der Waals surface area contributed by atoms with Gasteiger partial charge in [-0.2, -0.15) is 0 Å². The molecule has 1 N–H and O–H groups in total. The molecule has 2 rings (SSSR count). The van der Waals surface area contributed by atoms with Gasteiger partial charge in [-0.3, -0.25) is 4.90 Å². The van der Waals surface area contributed by atoms with Crippen molar-refractivity contribution in [2.75, 3.05) is 26.7 Å². The molecule has 0 aromatic heterocycles. The lowest BCUT2D eigenvalue weighted by Gasteiger charge is -2.49. The molecule has 0 amide bonds. The van der Waals surface area contributed by atoms with Crippen LogP contribution in [0.25, 0.3) is 0 Å². The second kappa shape index (κ2) is 6.55. The van der Waals surface area contributed by atoms with Crippen LogP contribution in [0.4, 0.5) is 0 Å². The monoisotopic (exact) mass is 268 g/mol. The number of rotatable bonds is 6. The summed E-state index contributed by atoms with van der Waals surface area (Å²) in [5.41, 5.74) is 0.174. The highest BCUT2D eigenvalue weighted by Crippen LogP contribution is 2.36. The molecular weight excluding hydrogens is 236 g/mol. The van der Waals surface area contributed by atoms with Crippen molar-refractivity contribution in [3.63, 3.8) is 0 Å². The minimum absolute atomic E-state index is 0.174. The van der Waals surface area contributed by atoms with Crippen LogP contribution in [-0.2, 0) is 4.74 Å². The van der Waals surface area contributed by atoms with Crippen molar-refractivity contribution in [3.05, 3.63) is 0 Å². The lowest BCUT2D eigenvalue weighted by molar-refractivity contribution is -0.102. The molecule has 112 valence electrons. The van der Waals surface area contributed by atoms with Gasteiger partial charge in [-0.15, -0.1) is 0 Å². The van der Waals surface area contributed by atoms with Crippen molar-refractivity contribution in [1.29, 1.82) is 0 Å². The lowest BCUT2D eigenvalue weighted by atomic mass is 9.79. The number of ether oxygens (including phenoxy) is 1. The van der Waals surface area contributed by atoms with Crippen LogP contribution in [0, 0.1) is 5.92 Å². The zero-order chi connectivity index (χ0) is 13.9. The molecule has 1 saturated heterocycles. The third-order valence-electron chi connectivity index (χ3n) is 5.03. The molecule has 1 aliphatic carbocycles. The first-order chi connectivity index (χ1) is 9.08. The van der Waals surface area contributed by atoms with Crippen LogP contribution in [0.3, 0.4) is 0 Å². The van der Waals surface area contributed by atoms with Crippen molar-refractivity contribution in [2.24, 2.45) is 5.92 Å². The molecule has 0 bridgehead atoms. The number of hydrogen-bond donors (Lipinski definition) is 1. The summed E-state index contributed by atoms with van der Waals surface area (Å²) < 4.78 is 5.82. The van der Waals surface area contributed by atoms with E-state index >= 15 is 0 Å². The predicted octanol–water partition coefficient (Wildman–Crippen LogP) is 2.65. The van der Waals surface area contributed by atoms with Gasteiger partial charge in [0.05, 0.1) is 5.60 Å². The Bertz CT molecular complexity index is 270. The van der Waals surface area contributed by atoms with Crippen molar-refractivity contribution < 1.29 is 4.74 Å². The molecule has 2 atom stereocenters. The smallest absolute Gasteiger partial charge is 0.0805 e. The SMILES string of the molecule is CCC1CNC(CC(C)C)CN1CC1(OC)CCC1. The minimum atomic E-state index is 0.174. The molecule has 2 fully saturated rings. The van der Waals surface area contributed by atoms with E-state index in [0.717, 1.165) is 19.0 Å². The summed E-state index contributed by atoms with van der Waals surface area (Å²) in [5.74, 6) is 0.776. The number of piperazine rings is 1. The van der Waals surface area contributed by atoms with Gasteiger partial charge in [-0.1, -0.05) is 20.8 Å². The topological polar surface area (TPSA) is 24.5 Å². The fourth-order valence-electron chi connectivity index (χ4n) is 3.62. The number of nitrogens with zero attached hydrogens (tertiary/aromatic N) is 1. The van der Waals surface area contributed by atoms with Crippen LogP contribution in [0.2, 0.25) is 0 Å². The molecular formula is C16H32N2O. The Kier molecular flexibility index (Phi) is 5.27. The van der Waals surface area contributed by atoms with E-state index in [1.165, 1.54) is 38.6 Å². The maximum Gasteiger partial charge on any atom is 0.0805 e. The van der Waals surface area contributed by atoms with Crippen molar-refractivity contribution in [2.45, 2.75) is 70.6 Å². The van der Waals surface area contributed by atoms with Gasteiger partial charge in [0.15, 0.2) is 0 Å². The molecule has 0 radical (unpaired) electrons. The Morgan fingerprint density at radius 1 is 1.37 bits per heavy atom. The molecule has 0 aromatic carbocycles. The highest BCUT2D eigenvalue weighted by atomic mass is 16.5. The van der Waals surface area contributed by atoms with Crippen LogP contribution < -0.4 is 5.32 Å². The Hall–Kier alpha value is -0.120. The maximum atomic E-state index is 5.82. The van der Waals surface area contributed by atoms with Gasteiger partial charge >= 0.3 is 0 Å². The quantitative estimate of drug-likeness (QED) is 0.801. The molecule has 0 aromatic rings. The van der Waals surface area contributed by atoms with E-state index in [9.17, 15) is 0 Å². The molecule has 2 unspecified atom stereocenters. The van der Waals surface area contributed by atoms with E-state index in [-0.39, 0.29) is 5.60 Å². The summed E-state index contributed by atoms with van der Waals surface area (Å²) in [4.78, 5) is 2.70. The molecule has 0 spiro atoms.